The van der Waals surface area contributed by atoms with Crippen LogP contribution in [0, 0.1) is 0 Å². The number of hydrogen-bond acceptors (Lipinski definition) is 6. The molecule has 0 spiro atoms. The third-order valence-electron chi connectivity index (χ3n) is 2.09. The van der Waals surface area contributed by atoms with Crippen molar-refractivity contribution in [3.63, 3.8) is 0 Å². The Morgan fingerprint density at radius 3 is 2.60 bits per heavy atom. The molecule has 1 rings (SSSR count). The van der Waals surface area contributed by atoms with Gasteiger partial charge in [0.1, 0.15) is 5.60 Å². The van der Waals surface area contributed by atoms with Crippen LogP contribution in [-0.4, -0.2) is 36.0 Å². The Bertz CT molecular complexity index is 557. The van der Waals surface area contributed by atoms with Gasteiger partial charge in [0.05, 0.1) is 32.0 Å². The van der Waals surface area contributed by atoms with Crippen molar-refractivity contribution in [3.05, 3.63) is 18.0 Å². The molecule has 0 atom stereocenters. The fraction of sp³-hybridized carbons (Fsp3) is 0.667. The lowest BCUT2D eigenvalue weighted by molar-refractivity contribution is -0.155. The topological polar surface area (TPSA) is 87.5 Å². The second kappa shape index (κ2) is 6.36. The van der Waals surface area contributed by atoms with Crippen molar-refractivity contribution >= 4 is 16.1 Å². The number of hydrogen-bond donors (Lipinski definition) is 0. The highest BCUT2D eigenvalue weighted by atomic mass is 32.2. The van der Waals surface area contributed by atoms with E-state index < -0.39 is 15.7 Å². The molecular formula is C12H20N2O5S. The first kappa shape index (κ1) is 16.6. The number of ether oxygens (including phenoxy) is 1. The fourth-order valence-electron chi connectivity index (χ4n) is 1.38. The van der Waals surface area contributed by atoms with Crippen LogP contribution in [0.5, 0.6) is 0 Å². The molecule has 0 saturated carbocycles. The molecule has 0 radical (unpaired) electrons. The van der Waals surface area contributed by atoms with Crippen molar-refractivity contribution in [2.75, 3.05) is 6.26 Å². The molecule has 7 nitrogen and oxygen atoms in total. The zero-order valence-corrected chi connectivity index (χ0v) is 12.9. The number of carbonyl (C=O) groups excluding carboxylic acids is 1. The Hall–Kier alpha value is -1.41. The molecule has 1 aromatic heterocycles. The average molecular weight is 304 g/mol. The molecule has 8 heteroatoms. The molecule has 0 N–H and O–H groups in total. The van der Waals surface area contributed by atoms with E-state index in [9.17, 15) is 13.2 Å². The summed E-state index contributed by atoms with van der Waals surface area (Å²) in [7, 11) is -3.47. The molecule has 0 amide bonds. The maximum absolute atomic E-state index is 11.5. The maximum atomic E-state index is 11.5. The van der Waals surface area contributed by atoms with E-state index in [-0.39, 0.29) is 19.0 Å². The molecule has 1 aromatic rings. The zero-order chi connectivity index (χ0) is 15.4. The van der Waals surface area contributed by atoms with Crippen molar-refractivity contribution < 1.29 is 22.1 Å². The standard InChI is InChI=1S/C12H20N2O5S/c1-12(2,3)19-11(15)5-6-14-8-10(7-13-14)9-18-20(4,16)17/h7-8H,5-6,9H2,1-4H3. The minimum absolute atomic E-state index is 0.0642. The minimum atomic E-state index is -3.47. The summed E-state index contributed by atoms with van der Waals surface area (Å²) in [6, 6.07) is 0. The van der Waals surface area contributed by atoms with Gasteiger partial charge in [-0.25, -0.2) is 0 Å². The van der Waals surface area contributed by atoms with Crippen molar-refractivity contribution in [2.45, 2.75) is 45.9 Å². The van der Waals surface area contributed by atoms with Crippen LogP contribution in [0.1, 0.15) is 32.8 Å². The third-order valence-corrected chi connectivity index (χ3v) is 2.64. The normalized spacial score (nSPS) is 12.4. The number of esters is 1. The van der Waals surface area contributed by atoms with Crippen molar-refractivity contribution in [1.82, 2.24) is 9.78 Å². The lowest BCUT2D eigenvalue weighted by Crippen LogP contribution is -2.24. The Labute approximate surface area is 119 Å². The number of rotatable bonds is 6. The van der Waals surface area contributed by atoms with E-state index in [1.807, 2.05) is 0 Å². The molecule has 0 unspecified atom stereocenters. The second-order valence-electron chi connectivity index (χ2n) is 5.41. The van der Waals surface area contributed by atoms with Gasteiger partial charge in [-0.15, -0.1) is 0 Å². The van der Waals surface area contributed by atoms with E-state index in [0.717, 1.165) is 6.26 Å². The smallest absolute Gasteiger partial charge is 0.308 e. The highest BCUT2D eigenvalue weighted by Crippen LogP contribution is 2.09. The van der Waals surface area contributed by atoms with Gasteiger partial charge < -0.3 is 4.74 Å². The summed E-state index contributed by atoms with van der Waals surface area (Å²) in [5, 5.41) is 4.02. The first-order valence-electron chi connectivity index (χ1n) is 6.13. The molecule has 0 bridgehead atoms. The monoisotopic (exact) mass is 304 g/mol. The largest absolute Gasteiger partial charge is 0.460 e. The maximum Gasteiger partial charge on any atom is 0.308 e. The molecule has 0 aliphatic carbocycles. The van der Waals surface area contributed by atoms with Crippen LogP contribution in [-0.2, 0) is 37.0 Å². The Kier molecular flexibility index (Phi) is 5.29. The van der Waals surface area contributed by atoms with Crippen LogP contribution in [0.15, 0.2) is 12.4 Å². The fourth-order valence-corrected chi connectivity index (χ4v) is 1.73. The number of aromatic nitrogens is 2. The van der Waals surface area contributed by atoms with Crippen molar-refractivity contribution in [1.29, 1.82) is 0 Å². The Morgan fingerprint density at radius 1 is 1.40 bits per heavy atom. The highest BCUT2D eigenvalue weighted by molar-refractivity contribution is 7.85. The summed E-state index contributed by atoms with van der Waals surface area (Å²) in [5.41, 5.74) is 0.120. The molecule has 0 saturated heterocycles. The molecule has 0 aliphatic rings. The van der Waals surface area contributed by atoms with E-state index in [0.29, 0.717) is 12.1 Å². The van der Waals surface area contributed by atoms with Gasteiger partial charge in [-0.1, -0.05) is 0 Å². The van der Waals surface area contributed by atoms with Gasteiger partial charge in [-0.2, -0.15) is 13.5 Å². The first-order valence-corrected chi connectivity index (χ1v) is 7.94. The minimum Gasteiger partial charge on any atom is -0.460 e. The van der Waals surface area contributed by atoms with Crippen molar-refractivity contribution in [3.8, 4) is 0 Å². The quantitative estimate of drug-likeness (QED) is 0.577. The van der Waals surface area contributed by atoms with Crippen molar-refractivity contribution in [2.24, 2.45) is 0 Å². The average Bonchev–Trinajstić information content (AvgIpc) is 2.68. The van der Waals surface area contributed by atoms with Crippen LogP contribution in [0.3, 0.4) is 0 Å². The summed E-state index contributed by atoms with van der Waals surface area (Å²) in [5.74, 6) is -0.304. The molecular weight excluding hydrogens is 284 g/mol. The van der Waals surface area contributed by atoms with Crippen LogP contribution in [0.25, 0.3) is 0 Å². The van der Waals surface area contributed by atoms with Crippen LogP contribution < -0.4 is 0 Å². The Balaban J connectivity index is 2.43. The van der Waals surface area contributed by atoms with Crippen LogP contribution in [0.2, 0.25) is 0 Å². The summed E-state index contributed by atoms with van der Waals surface area (Å²) in [4.78, 5) is 11.5. The van der Waals surface area contributed by atoms with Crippen LogP contribution >= 0.6 is 0 Å². The lowest BCUT2D eigenvalue weighted by atomic mass is 10.2. The lowest BCUT2D eigenvalue weighted by Gasteiger charge is -2.19. The van der Waals surface area contributed by atoms with E-state index >= 15 is 0 Å². The van der Waals surface area contributed by atoms with E-state index in [1.165, 1.54) is 6.20 Å². The van der Waals surface area contributed by atoms with Gasteiger partial charge in [0, 0.05) is 11.8 Å². The zero-order valence-electron chi connectivity index (χ0n) is 12.1. The van der Waals surface area contributed by atoms with E-state index in [1.54, 1.807) is 31.6 Å². The highest BCUT2D eigenvalue weighted by Gasteiger charge is 2.16. The summed E-state index contributed by atoms with van der Waals surface area (Å²) in [6.07, 6.45) is 4.32. The third kappa shape index (κ3) is 7.25. The molecule has 1 heterocycles. The summed E-state index contributed by atoms with van der Waals surface area (Å²) >= 11 is 0. The second-order valence-corrected chi connectivity index (χ2v) is 7.06. The van der Waals surface area contributed by atoms with Gasteiger partial charge >= 0.3 is 5.97 Å². The molecule has 0 fully saturated rings. The van der Waals surface area contributed by atoms with Gasteiger partial charge in [-0.3, -0.25) is 13.7 Å². The molecule has 0 aromatic carbocycles. The van der Waals surface area contributed by atoms with Gasteiger partial charge in [0.15, 0.2) is 0 Å². The van der Waals surface area contributed by atoms with Gasteiger partial charge in [0.25, 0.3) is 10.1 Å². The summed E-state index contributed by atoms with van der Waals surface area (Å²) in [6.45, 7) is 5.72. The number of nitrogens with zero attached hydrogens (tertiary/aromatic N) is 2. The predicted molar refractivity (Wildman–Crippen MR) is 72.3 cm³/mol. The SMILES string of the molecule is CC(C)(C)OC(=O)CCn1cc(COS(C)(=O)=O)cn1. The molecule has 114 valence electrons. The van der Waals surface area contributed by atoms with E-state index in [2.05, 4.69) is 9.28 Å². The summed E-state index contributed by atoms with van der Waals surface area (Å²) < 4.78 is 33.1. The van der Waals surface area contributed by atoms with Gasteiger partial charge in [-0.05, 0) is 20.8 Å². The number of aryl methyl sites for hydroxylation is 1. The first-order chi connectivity index (χ1) is 9.05. The predicted octanol–water partition coefficient (Wildman–Crippen LogP) is 1.09. The molecule has 20 heavy (non-hydrogen) atoms. The number of carbonyl (C=O) groups is 1. The Morgan fingerprint density at radius 2 is 2.05 bits per heavy atom. The van der Waals surface area contributed by atoms with Crippen LogP contribution in [0.4, 0.5) is 0 Å². The van der Waals surface area contributed by atoms with E-state index in [4.69, 9.17) is 4.74 Å². The molecule has 0 aliphatic heterocycles. The van der Waals surface area contributed by atoms with Gasteiger partial charge in [0.2, 0.25) is 0 Å².